The number of hydrogen-bond donors (Lipinski definition) is 3. The molecule has 1 aromatic carbocycles. The number of allylic oxidation sites excluding steroid dienone is 2. The summed E-state index contributed by atoms with van der Waals surface area (Å²) in [5.74, 6) is -2.78. The van der Waals surface area contributed by atoms with Crippen molar-refractivity contribution >= 4 is 35.1 Å². The molecule has 0 bridgehead atoms. The van der Waals surface area contributed by atoms with Gasteiger partial charge in [0.1, 0.15) is 11.6 Å². The molecule has 3 amide bonds. The Hall–Kier alpha value is -2.41. The SMILES string of the molecule is C/C(CCl)=C(/F)C[C@]1(C#N)[C@H](CC(C)(C)C)N[C@@H](C(=O)NC2CCN(C(=O)NC(C)C)CC2)[C@@H]1c1cccc(Cl)c1F. The molecule has 0 aromatic heterocycles. The van der Waals surface area contributed by atoms with Gasteiger partial charge in [0.2, 0.25) is 5.91 Å². The zero-order chi connectivity index (χ0) is 31.4. The van der Waals surface area contributed by atoms with E-state index < -0.39 is 41.0 Å². The van der Waals surface area contributed by atoms with Crippen molar-refractivity contribution in [3.63, 3.8) is 0 Å². The molecule has 11 heteroatoms. The van der Waals surface area contributed by atoms with Gasteiger partial charge in [0.05, 0.1) is 22.5 Å². The van der Waals surface area contributed by atoms with Gasteiger partial charge in [-0.1, -0.05) is 44.5 Å². The number of amides is 3. The summed E-state index contributed by atoms with van der Waals surface area (Å²) in [7, 11) is 0. The maximum absolute atomic E-state index is 15.7. The van der Waals surface area contributed by atoms with Crippen LogP contribution < -0.4 is 16.0 Å². The molecule has 0 aliphatic carbocycles. The van der Waals surface area contributed by atoms with Gasteiger partial charge in [-0.25, -0.2) is 13.6 Å². The highest BCUT2D eigenvalue weighted by Crippen LogP contribution is 2.54. The zero-order valence-corrected chi connectivity index (χ0v) is 26.8. The lowest BCUT2D eigenvalue weighted by atomic mass is 9.64. The zero-order valence-electron chi connectivity index (χ0n) is 25.3. The van der Waals surface area contributed by atoms with E-state index in [-0.39, 0.29) is 52.0 Å². The van der Waals surface area contributed by atoms with E-state index in [1.54, 1.807) is 17.9 Å². The molecule has 0 saturated carbocycles. The maximum Gasteiger partial charge on any atom is 0.317 e. The van der Waals surface area contributed by atoms with Gasteiger partial charge in [0.15, 0.2) is 0 Å². The monoisotopic (exact) mass is 625 g/mol. The number of piperidine rings is 1. The lowest BCUT2D eigenvalue weighted by molar-refractivity contribution is -0.124. The molecular weight excluding hydrogens is 583 g/mol. The van der Waals surface area contributed by atoms with E-state index in [2.05, 4.69) is 22.0 Å². The van der Waals surface area contributed by atoms with Crippen molar-refractivity contribution in [2.45, 2.75) is 97.3 Å². The van der Waals surface area contributed by atoms with Crippen LogP contribution in [-0.4, -0.2) is 60.0 Å². The van der Waals surface area contributed by atoms with Gasteiger partial charge in [-0.15, -0.1) is 11.6 Å². The highest BCUT2D eigenvalue weighted by Gasteiger charge is 2.59. The van der Waals surface area contributed by atoms with Crippen molar-refractivity contribution in [1.82, 2.24) is 20.9 Å². The molecule has 2 heterocycles. The average Bonchev–Trinajstić information content (AvgIpc) is 3.21. The standard InChI is InChI=1S/C31H43Cl2F2N5O2/c1-18(2)37-29(42)40-12-10-20(11-13-40)38-28(41)27-25(21-8-7-9-22(33)26(21)35)31(17-36,14-23(34)19(3)16-32)24(39-27)15-30(4,5)6/h7-9,18,20,24-25,27,39H,10-16H2,1-6H3,(H,37,42)(H,38,41)/b23-19-/t24-,25-,27+,31-/m0/s1. The summed E-state index contributed by atoms with van der Waals surface area (Å²) in [5.41, 5.74) is -1.44. The van der Waals surface area contributed by atoms with Crippen molar-refractivity contribution in [3.05, 3.63) is 46.0 Å². The number of nitrogens with one attached hydrogen (secondary N) is 3. The first-order valence-electron chi connectivity index (χ1n) is 14.5. The molecule has 2 fully saturated rings. The second kappa shape index (κ2) is 13.9. The Balaban J connectivity index is 2.01. The fraction of sp³-hybridized carbons (Fsp3) is 0.645. The number of benzene rings is 1. The Bertz CT molecular complexity index is 1220. The number of hydrogen-bond acceptors (Lipinski definition) is 4. The van der Waals surface area contributed by atoms with Gasteiger partial charge in [0, 0.05) is 49.4 Å². The molecule has 3 N–H and O–H groups in total. The Morgan fingerprint density at radius 3 is 2.45 bits per heavy atom. The van der Waals surface area contributed by atoms with Crippen LogP contribution in [0.5, 0.6) is 0 Å². The molecule has 2 saturated heterocycles. The van der Waals surface area contributed by atoms with E-state index in [1.165, 1.54) is 12.1 Å². The predicted molar refractivity (Wildman–Crippen MR) is 163 cm³/mol. The molecule has 2 aliphatic rings. The summed E-state index contributed by atoms with van der Waals surface area (Å²) in [4.78, 5) is 28.1. The molecule has 4 atom stereocenters. The Kier molecular flexibility index (Phi) is 11.3. The van der Waals surface area contributed by atoms with Crippen LogP contribution in [0.25, 0.3) is 0 Å². The maximum atomic E-state index is 15.7. The number of alkyl halides is 1. The fourth-order valence-electron chi connectivity index (χ4n) is 6.03. The van der Waals surface area contributed by atoms with E-state index in [0.29, 0.717) is 32.4 Å². The molecule has 0 unspecified atom stereocenters. The molecule has 2 aliphatic heterocycles. The Morgan fingerprint density at radius 1 is 1.26 bits per heavy atom. The summed E-state index contributed by atoms with van der Waals surface area (Å²) in [6.07, 6.45) is 1.18. The summed E-state index contributed by atoms with van der Waals surface area (Å²) >= 11 is 12.1. The highest BCUT2D eigenvalue weighted by atomic mass is 35.5. The molecular formula is C31H43Cl2F2N5O2. The fourth-order valence-corrected chi connectivity index (χ4v) is 6.36. The minimum atomic E-state index is -1.52. The van der Waals surface area contributed by atoms with Gasteiger partial charge in [-0.3, -0.25) is 4.79 Å². The van der Waals surface area contributed by atoms with Gasteiger partial charge in [-0.2, -0.15) is 5.26 Å². The number of carbonyl (C=O) groups excluding carboxylic acids is 2. The molecule has 232 valence electrons. The summed E-state index contributed by atoms with van der Waals surface area (Å²) in [5, 5.41) is 20.0. The number of nitriles is 1. The molecule has 42 heavy (non-hydrogen) atoms. The van der Waals surface area contributed by atoms with Gasteiger partial charge < -0.3 is 20.9 Å². The first-order chi connectivity index (χ1) is 19.6. The summed E-state index contributed by atoms with van der Waals surface area (Å²) in [6.45, 7) is 12.3. The number of carbonyl (C=O) groups is 2. The largest absolute Gasteiger partial charge is 0.352 e. The van der Waals surface area contributed by atoms with Crippen LogP contribution in [0.15, 0.2) is 29.6 Å². The van der Waals surface area contributed by atoms with Crippen LogP contribution in [0.2, 0.25) is 5.02 Å². The van der Waals surface area contributed by atoms with E-state index in [0.717, 1.165) is 0 Å². The van der Waals surface area contributed by atoms with Gasteiger partial charge >= 0.3 is 6.03 Å². The van der Waals surface area contributed by atoms with Crippen molar-refractivity contribution in [3.8, 4) is 6.07 Å². The lowest BCUT2D eigenvalue weighted by Gasteiger charge is -2.37. The third-order valence-corrected chi connectivity index (χ3v) is 8.86. The molecule has 3 rings (SSSR count). The second-order valence-corrected chi connectivity index (χ2v) is 13.8. The number of likely N-dealkylation sites (tertiary alicyclic amines) is 1. The quantitative estimate of drug-likeness (QED) is 0.290. The Labute approximate surface area is 258 Å². The lowest BCUT2D eigenvalue weighted by Crippen LogP contribution is -2.53. The number of nitrogens with zero attached hydrogens (tertiary/aromatic N) is 2. The molecule has 0 spiro atoms. The minimum absolute atomic E-state index is 0.0153. The van der Waals surface area contributed by atoms with Crippen molar-refractivity contribution in [1.29, 1.82) is 5.26 Å². The number of rotatable bonds is 8. The third-order valence-electron chi connectivity index (χ3n) is 8.17. The van der Waals surface area contributed by atoms with Crippen LogP contribution in [0.3, 0.4) is 0 Å². The Morgan fingerprint density at radius 2 is 1.90 bits per heavy atom. The van der Waals surface area contributed by atoms with Gasteiger partial charge in [0.25, 0.3) is 0 Å². The molecule has 7 nitrogen and oxygen atoms in total. The first-order valence-corrected chi connectivity index (χ1v) is 15.4. The molecule has 1 aromatic rings. The van der Waals surface area contributed by atoms with E-state index in [4.69, 9.17) is 23.2 Å². The average molecular weight is 627 g/mol. The normalized spacial score (nSPS) is 25.7. The van der Waals surface area contributed by atoms with E-state index in [9.17, 15) is 14.9 Å². The van der Waals surface area contributed by atoms with Crippen LogP contribution in [0.4, 0.5) is 13.6 Å². The topological polar surface area (TPSA) is 97.3 Å². The third kappa shape index (κ3) is 7.75. The number of halogens is 4. The summed E-state index contributed by atoms with van der Waals surface area (Å²) < 4.78 is 31.3. The molecule has 0 radical (unpaired) electrons. The predicted octanol–water partition coefficient (Wildman–Crippen LogP) is 6.42. The van der Waals surface area contributed by atoms with Crippen molar-refractivity contribution < 1.29 is 18.4 Å². The van der Waals surface area contributed by atoms with Crippen LogP contribution in [-0.2, 0) is 4.79 Å². The van der Waals surface area contributed by atoms with Crippen LogP contribution in [0, 0.1) is 28.0 Å². The van der Waals surface area contributed by atoms with Gasteiger partial charge in [-0.05, 0) is 62.7 Å². The minimum Gasteiger partial charge on any atom is -0.352 e. The van der Waals surface area contributed by atoms with Crippen molar-refractivity contribution in [2.24, 2.45) is 10.8 Å². The summed E-state index contributed by atoms with van der Waals surface area (Å²) in [6, 6.07) is 4.82. The van der Waals surface area contributed by atoms with Crippen molar-refractivity contribution in [2.75, 3.05) is 19.0 Å². The van der Waals surface area contributed by atoms with Crippen LogP contribution in [0.1, 0.15) is 78.7 Å². The second-order valence-electron chi connectivity index (χ2n) is 13.1. The highest BCUT2D eigenvalue weighted by molar-refractivity contribution is 6.30. The first kappa shape index (κ1) is 34.1. The van der Waals surface area contributed by atoms with Crippen LogP contribution >= 0.6 is 23.2 Å². The number of urea groups is 1. The van der Waals surface area contributed by atoms with E-state index in [1.807, 2.05) is 34.6 Å². The smallest absolute Gasteiger partial charge is 0.317 e. The van der Waals surface area contributed by atoms with E-state index >= 15 is 8.78 Å².